The predicted molar refractivity (Wildman–Crippen MR) is 52.7 cm³/mol. The monoisotopic (exact) mass is 290 g/mol. The van der Waals surface area contributed by atoms with Gasteiger partial charge in [-0.25, -0.2) is 8.42 Å². The zero-order valence-electron chi connectivity index (χ0n) is 8.29. The molecule has 0 heterocycles. The SMILES string of the molecule is COc1cc(S(=O)(=O)Cl)ccc1OC(F)(F)F. The maximum Gasteiger partial charge on any atom is 0.573 e. The zero-order valence-corrected chi connectivity index (χ0v) is 9.86. The molecule has 4 nitrogen and oxygen atoms in total. The van der Waals surface area contributed by atoms with Gasteiger partial charge in [0.2, 0.25) is 0 Å². The third kappa shape index (κ3) is 3.97. The molecular weight excluding hydrogens is 285 g/mol. The molecule has 1 aromatic carbocycles. The van der Waals surface area contributed by atoms with Crippen LogP contribution >= 0.6 is 10.7 Å². The normalized spacial score (nSPS) is 12.3. The largest absolute Gasteiger partial charge is 0.573 e. The maximum atomic E-state index is 12.0. The number of alkyl halides is 3. The average Bonchev–Trinajstić information content (AvgIpc) is 2.14. The van der Waals surface area contributed by atoms with E-state index in [0.29, 0.717) is 0 Å². The molecule has 96 valence electrons. The van der Waals surface area contributed by atoms with E-state index in [1.807, 2.05) is 0 Å². The van der Waals surface area contributed by atoms with Gasteiger partial charge in [-0.3, -0.25) is 0 Å². The van der Waals surface area contributed by atoms with E-state index in [0.717, 1.165) is 25.3 Å². The number of benzene rings is 1. The highest BCUT2D eigenvalue weighted by Gasteiger charge is 2.32. The first kappa shape index (κ1) is 13.9. The fourth-order valence-electron chi connectivity index (χ4n) is 1.01. The van der Waals surface area contributed by atoms with E-state index in [4.69, 9.17) is 10.7 Å². The van der Waals surface area contributed by atoms with Gasteiger partial charge in [0.1, 0.15) is 0 Å². The maximum absolute atomic E-state index is 12.0. The van der Waals surface area contributed by atoms with Crippen molar-refractivity contribution in [3.63, 3.8) is 0 Å². The third-order valence-electron chi connectivity index (χ3n) is 1.64. The summed E-state index contributed by atoms with van der Waals surface area (Å²) in [7, 11) is 2.06. The van der Waals surface area contributed by atoms with E-state index in [2.05, 4.69) is 9.47 Å². The van der Waals surface area contributed by atoms with Crippen molar-refractivity contribution in [1.29, 1.82) is 0 Å². The average molecular weight is 291 g/mol. The van der Waals surface area contributed by atoms with Crippen LogP contribution in [0.5, 0.6) is 11.5 Å². The highest BCUT2D eigenvalue weighted by atomic mass is 35.7. The van der Waals surface area contributed by atoms with Crippen molar-refractivity contribution in [3.8, 4) is 11.5 Å². The van der Waals surface area contributed by atoms with Crippen molar-refractivity contribution < 1.29 is 31.1 Å². The molecule has 0 spiro atoms. The van der Waals surface area contributed by atoms with Crippen LogP contribution < -0.4 is 9.47 Å². The van der Waals surface area contributed by atoms with E-state index < -0.39 is 21.2 Å². The molecule has 0 bridgehead atoms. The highest BCUT2D eigenvalue weighted by molar-refractivity contribution is 8.13. The summed E-state index contributed by atoms with van der Waals surface area (Å²) < 4.78 is 66.0. The van der Waals surface area contributed by atoms with E-state index >= 15 is 0 Å². The lowest BCUT2D eigenvalue weighted by Crippen LogP contribution is -2.17. The first-order chi connectivity index (χ1) is 7.63. The fraction of sp³-hybridized carbons (Fsp3) is 0.250. The molecule has 9 heteroatoms. The molecule has 0 aliphatic heterocycles. The van der Waals surface area contributed by atoms with Crippen molar-refractivity contribution in [1.82, 2.24) is 0 Å². The molecule has 1 rings (SSSR count). The molecule has 0 atom stereocenters. The molecule has 0 aliphatic rings. The van der Waals surface area contributed by atoms with Gasteiger partial charge in [0.15, 0.2) is 11.5 Å². The Bertz CT molecular complexity index is 512. The molecule has 17 heavy (non-hydrogen) atoms. The zero-order chi connectivity index (χ0) is 13.3. The van der Waals surface area contributed by atoms with Crippen molar-refractivity contribution >= 4 is 19.7 Å². The smallest absolute Gasteiger partial charge is 0.493 e. The topological polar surface area (TPSA) is 52.6 Å². The van der Waals surface area contributed by atoms with Crippen LogP contribution in [0.1, 0.15) is 0 Å². The standard InChI is InChI=1S/C8H6ClF3O4S/c1-15-7-4-5(17(9,13)14)2-3-6(7)16-8(10,11)12/h2-4H,1H3. The Morgan fingerprint density at radius 3 is 2.24 bits per heavy atom. The van der Waals surface area contributed by atoms with Gasteiger partial charge in [-0.2, -0.15) is 0 Å². The molecule has 0 amide bonds. The summed E-state index contributed by atoms with van der Waals surface area (Å²) >= 11 is 0. The number of rotatable bonds is 3. The lowest BCUT2D eigenvalue weighted by molar-refractivity contribution is -0.275. The van der Waals surface area contributed by atoms with Gasteiger partial charge >= 0.3 is 6.36 Å². The Labute approximate surface area is 99.3 Å². The summed E-state index contributed by atoms with van der Waals surface area (Å²) in [6, 6.07) is 2.52. The van der Waals surface area contributed by atoms with Crippen LogP contribution in [0.2, 0.25) is 0 Å². The minimum atomic E-state index is -4.89. The van der Waals surface area contributed by atoms with Crippen LogP contribution in [0, 0.1) is 0 Å². The lowest BCUT2D eigenvalue weighted by Gasteiger charge is -2.12. The van der Waals surface area contributed by atoms with Crippen LogP contribution in [0.15, 0.2) is 23.1 Å². The van der Waals surface area contributed by atoms with Crippen molar-refractivity contribution in [2.75, 3.05) is 7.11 Å². The van der Waals surface area contributed by atoms with E-state index in [1.54, 1.807) is 0 Å². The van der Waals surface area contributed by atoms with Crippen molar-refractivity contribution in [2.45, 2.75) is 11.3 Å². The summed E-state index contributed by atoms with van der Waals surface area (Å²) in [5.41, 5.74) is 0. The van der Waals surface area contributed by atoms with E-state index in [1.165, 1.54) is 0 Å². The number of halogens is 4. The first-order valence-electron chi connectivity index (χ1n) is 4.02. The molecule has 0 radical (unpaired) electrons. The van der Waals surface area contributed by atoms with Crippen LogP contribution in [-0.4, -0.2) is 21.9 Å². The molecule has 0 N–H and O–H groups in total. The van der Waals surface area contributed by atoms with Crippen molar-refractivity contribution in [3.05, 3.63) is 18.2 Å². The second-order valence-electron chi connectivity index (χ2n) is 2.80. The molecule has 0 fully saturated rings. The van der Waals surface area contributed by atoms with Crippen LogP contribution in [-0.2, 0) is 9.05 Å². The van der Waals surface area contributed by atoms with Gasteiger partial charge in [-0.1, -0.05) is 0 Å². The van der Waals surface area contributed by atoms with Gasteiger partial charge in [0.25, 0.3) is 9.05 Å². The van der Waals surface area contributed by atoms with Gasteiger partial charge in [-0.15, -0.1) is 13.2 Å². The molecule has 0 saturated heterocycles. The Balaban J connectivity index is 3.19. The summed E-state index contributed by atoms with van der Waals surface area (Å²) in [6.45, 7) is 0. The molecule has 0 unspecified atom stereocenters. The summed E-state index contributed by atoms with van der Waals surface area (Å²) in [4.78, 5) is -0.384. The van der Waals surface area contributed by atoms with Gasteiger partial charge < -0.3 is 9.47 Å². The molecule has 0 aliphatic carbocycles. The van der Waals surface area contributed by atoms with Crippen molar-refractivity contribution in [2.24, 2.45) is 0 Å². The minimum Gasteiger partial charge on any atom is -0.493 e. The van der Waals surface area contributed by atoms with Gasteiger partial charge in [0, 0.05) is 16.7 Å². The number of hydrogen-bond acceptors (Lipinski definition) is 4. The Morgan fingerprint density at radius 2 is 1.82 bits per heavy atom. The molecule has 1 aromatic rings. The van der Waals surface area contributed by atoms with Crippen LogP contribution in [0.4, 0.5) is 13.2 Å². The highest BCUT2D eigenvalue weighted by Crippen LogP contribution is 2.34. The Kier molecular flexibility index (Phi) is 3.78. The molecule has 0 aromatic heterocycles. The molecular formula is C8H6ClF3O4S. The van der Waals surface area contributed by atoms with E-state index in [-0.39, 0.29) is 10.6 Å². The van der Waals surface area contributed by atoms with Crippen LogP contribution in [0.3, 0.4) is 0 Å². The van der Waals surface area contributed by atoms with Crippen LogP contribution in [0.25, 0.3) is 0 Å². The quantitative estimate of drug-likeness (QED) is 0.803. The predicted octanol–water partition coefficient (Wildman–Crippen LogP) is 2.52. The third-order valence-corrected chi connectivity index (χ3v) is 2.99. The summed E-state index contributed by atoms with van der Waals surface area (Å²) in [5.74, 6) is -1.03. The summed E-state index contributed by atoms with van der Waals surface area (Å²) in [5, 5.41) is 0. The first-order valence-corrected chi connectivity index (χ1v) is 6.33. The Morgan fingerprint density at radius 1 is 1.24 bits per heavy atom. The number of methoxy groups -OCH3 is 1. The molecule has 0 saturated carbocycles. The number of hydrogen-bond donors (Lipinski definition) is 0. The number of ether oxygens (including phenoxy) is 2. The van der Waals surface area contributed by atoms with E-state index in [9.17, 15) is 21.6 Å². The lowest BCUT2D eigenvalue weighted by atomic mass is 10.3. The fourth-order valence-corrected chi connectivity index (χ4v) is 1.77. The second-order valence-corrected chi connectivity index (χ2v) is 5.36. The van der Waals surface area contributed by atoms with Gasteiger partial charge in [0.05, 0.1) is 12.0 Å². The summed E-state index contributed by atoms with van der Waals surface area (Å²) in [6.07, 6.45) is -4.89. The Hall–Kier alpha value is -1.15. The van der Waals surface area contributed by atoms with Gasteiger partial charge in [-0.05, 0) is 12.1 Å². The minimum absolute atomic E-state index is 0.384. The second kappa shape index (κ2) is 4.61.